The Kier molecular flexibility index (Phi) is 3.88. The van der Waals surface area contributed by atoms with Gasteiger partial charge in [-0.25, -0.2) is 8.42 Å². The molecular weight excluding hydrogens is 276 g/mol. The number of carbonyl (C=O) groups is 1. The number of rotatable bonds is 4. The maximum absolute atomic E-state index is 12.0. The van der Waals surface area contributed by atoms with Gasteiger partial charge in [-0.2, -0.15) is 0 Å². The third-order valence-electron chi connectivity index (χ3n) is 3.75. The summed E-state index contributed by atoms with van der Waals surface area (Å²) in [6, 6.07) is 9.57. The summed E-state index contributed by atoms with van der Waals surface area (Å²) in [5.74, 6) is -0.0735. The Morgan fingerprint density at radius 3 is 2.45 bits per heavy atom. The maximum Gasteiger partial charge on any atom is 0.238 e. The third kappa shape index (κ3) is 2.86. The first-order chi connectivity index (χ1) is 9.22. The maximum atomic E-state index is 12.0. The molecule has 1 aliphatic heterocycles. The summed E-state index contributed by atoms with van der Waals surface area (Å²) in [4.78, 5) is 13.6. The van der Waals surface area contributed by atoms with Gasteiger partial charge < -0.3 is 4.90 Å². The van der Waals surface area contributed by atoms with E-state index in [1.54, 1.807) is 18.7 Å². The molecular formula is C14H20N2O3S. The van der Waals surface area contributed by atoms with Gasteiger partial charge in [0.1, 0.15) is 6.17 Å². The Morgan fingerprint density at radius 2 is 1.90 bits per heavy atom. The highest BCUT2D eigenvalue weighted by Gasteiger charge is 2.39. The molecule has 6 heteroatoms. The molecule has 1 saturated heterocycles. The van der Waals surface area contributed by atoms with E-state index in [-0.39, 0.29) is 25.2 Å². The van der Waals surface area contributed by atoms with Crippen LogP contribution in [0.1, 0.15) is 25.6 Å². The van der Waals surface area contributed by atoms with E-state index >= 15 is 0 Å². The first kappa shape index (κ1) is 15.0. The van der Waals surface area contributed by atoms with Crippen LogP contribution < -0.4 is 5.32 Å². The second-order valence-electron chi connectivity index (χ2n) is 5.75. The summed E-state index contributed by atoms with van der Waals surface area (Å²) in [5, 5.41) is 3.13. The van der Waals surface area contributed by atoms with Crippen molar-refractivity contribution in [3.63, 3.8) is 0 Å². The Bertz CT molecular complexity index is 596. The average Bonchev–Trinajstić information content (AvgIpc) is 2.70. The van der Waals surface area contributed by atoms with Gasteiger partial charge in [0.25, 0.3) is 0 Å². The van der Waals surface area contributed by atoms with Crippen molar-refractivity contribution in [2.24, 2.45) is 0 Å². The van der Waals surface area contributed by atoms with Gasteiger partial charge in [0.15, 0.2) is 9.84 Å². The van der Waals surface area contributed by atoms with Crippen molar-refractivity contribution < 1.29 is 13.2 Å². The molecule has 1 unspecified atom stereocenters. The lowest BCUT2D eigenvalue weighted by molar-refractivity contribution is -0.128. The van der Waals surface area contributed by atoms with Gasteiger partial charge in [-0.05, 0) is 19.4 Å². The van der Waals surface area contributed by atoms with E-state index in [0.717, 1.165) is 5.56 Å². The molecule has 0 aromatic heterocycles. The zero-order valence-corrected chi connectivity index (χ0v) is 12.8. The van der Waals surface area contributed by atoms with E-state index < -0.39 is 14.6 Å². The van der Waals surface area contributed by atoms with Gasteiger partial charge in [0, 0.05) is 12.8 Å². The lowest BCUT2D eigenvalue weighted by Crippen LogP contribution is -2.46. The summed E-state index contributed by atoms with van der Waals surface area (Å²) >= 11 is 0. The van der Waals surface area contributed by atoms with Crippen LogP contribution in [0.3, 0.4) is 0 Å². The number of hydrogen-bond acceptors (Lipinski definition) is 4. The van der Waals surface area contributed by atoms with Crippen LogP contribution in [0.15, 0.2) is 30.3 Å². The number of nitrogens with one attached hydrogen (secondary N) is 1. The van der Waals surface area contributed by atoms with Crippen LogP contribution in [-0.2, 0) is 14.6 Å². The molecule has 1 aromatic carbocycles. The average molecular weight is 296 g/mol. The second-order valence-corrected chi connectivity index (χ2v) is 8.40. The third-order valence-corrected chi connectivity index (χ3v) is 5.89. The number of sulfone groups is 1. The van der Waals surface area contributed by atoms with E-state index in [0.29, 0.717) is 0 Å². The first-order valence-electron chi connectivity index (χ1n) is 6.50. The first-order valence-corrected chi connectivity index (χ1v) is 8.39. The SMILES string of the molecule is CC(C)(CN1C(=O)CNC1c1ccccc1)S(C)(=O)=O. The summed E-state index contributed by atoms with van der Waals surface area (Å²) in [5.41, 5.74) is 0.961. The number of nitrogens with zero attached hydrogens (tertiary/aromatic N) is 1. The molecule has 1 heterocycles. The van der Waals surface area contributed by atoms with Gasteiger partial charge in [0.05, 0.1) is 11.3 Å². The smallest absolute Gasteiger partial charge is 0.238 e. The van der Waals surface area contributed by atoms with Crippen LogP contribution in [-0.4, -0.2) is 43.3 Å². The predicted molar refractivity (Wildman–Crippen MR) is 77.8 cm³/mol. The lowest BCUT2D eigenvalue weighted by atomic mass is 10.1. The van der Waals surface area contributed by atoms with E-state index in [4.69, 9.17) is 0 Å². The molecule has 1 aliphatic rings. The second kappa shape index (κ2) is 5.18. The molecule has 20 heavy (non-hydrogen) atoms. The number of benzene rings is 1. The van der Waals surface area contributed by atoms with Gasteiger partial charge in [0.2, 0.25) is 5.91 Å². The van der Waals surface area contributed by atoms with Crippen molar-refractivity contribution in [3.8, 4) is 0 Å². The zero-order chi connectivity index (χ0) is 15.0. The lowest BCUT2D eigenvalue weighted by Gasteiger charge is -2.32. The summed E-state index contributed by atoms with van der Waals surface area (Å²) in [7, 11) is -3.24. The quantitative estimate of drug-likeness (QED) is 0.898. The molecule has 1 atom stereocenters. The molecule has 5 nitrogen and oxygen atoms in total. The molecule has 110 valence electrons. The molecule has 1 fully saturated rings. The standard InChI is InChI=1S/C14H20N2O3S/c1-14(2,20(3,18)19)10-16-12(17)9-15-13(16)11-7-5-4-6-8-11/h4-8,13,15H,9-10H2,1-3H3. The van der Waals surface area contributed by atoms with Crippen molar-refractivity contribution in [1.29, 1.82) is 0 Å². The van der Waals surface area contributed by atoms with Gasteiger partial charge in [-0.15, -0.1) is 0 Å². The van der Waals surface area contributed by atoms with Crippen LogP contribution in [0.2, 0.25) is 0 Å². The number of carbonyl (C=O) groups excluding carboxylic acids is 1. The minimum atomic E-state index is -3.24. The molecule has 0 spiro atoms. The van der Waals surface area contributed by atoms with Crippen LogP contribution in [0.25, 0.3) is 0 Å². The van der Waals surface area contributed by atoms with E-state index in [9.17, 15) is 13.2 Å². The van der Waals surface area contributed by atoms with Gasteiger partial charge >= 0.3 is 0 Å². The van der Waals surface area contributed by atoms with Crippen molar-refractivity contribution in [1.82, 2.24) is 10.2 Å². The van der Waals surface area contributed by atoms with Gasteiger partial charge in [-0.1, -0.05) is 30.3 Å². The minimum absolute atomic E-state index is 0.0735. The molecule has 0 radical (unpaired) electrons. The topological polar surface area (TPSA) is 66.5 Å². The van der Waals surface area contributed by atoms with E-state index in [1.165, 1.54) is 6.26 Å². The molecule has 0 aliphatic carbocycles. The molecule has 1 aromatic rings. The van der Waals surface area contributed by atoms with Crippen LogP contribution >= 0.6 is 0 Å². The van der Waals surface area contributed by atoms with E-state index in [2.05, 4.69) is 5.32 Å². The highest BCUT2D eigenvalue weighted by molar-refractivity contribution is 7.92. The largest absolute Gasteiger partial charge is 0.320 e. The van der Waals surface area contributed by atoms with Crippen molar-refractivity contribution in [2.75, 3.05) is 19.3 Å². The van der Waals surface area contributed by atoms with Crippen LogP contribution in [0.4, 0.5) is 0 Å². The summed E-state index contributed by atoms with van der Waals surface area (Å²) in [6.07, 6.45) is 0.947. The molecule has 0 saturated carbocycles. The van der Waals surface area contributed by atoms with Gasteiger partial charge in [-0.3, -0.25) is 10.1 Å². The Hall–Kier alpha value is -1.40. The van der Waals surface area contributed by atoms with Crippen molar-refractivity contribution in [2.45, 2.75) is 24.8 Å². The molecule has 0 bridgehead atoms. The fraction of sp³-hybridized carbons (Fsp3) is 0.500. The minimum Gasteiger partial charge on any atom is -0.320 e. The highest BCUT2D eigenvalue weighted by Crippen LogP contribution is 2.26. The normalized spacial score (nSPS) is 20.4. The molecule has 2 rings (SSSR count). The summed E-state index contributed by atoms with van der Waals surface area (Å²) < 4.78 is 22.7. The molecule has 1 amide bonds. The molecule has 1 N–H and O–H groups in total. The van der Waals surface area contributed by atoms with Crippen molar-refractivity contribution in [3.05, 3.63) is 35.9 Å². The predicted octanol–water partition coefficient (Wildman–Crippen LogP) is 0.940. The van der Waals surface area contributed by atoms with Crippen molar-refractivity contribution >= 4 is 15.7 Å². The fourth-order valence-electron chi connectivity index (χ4n) is 2.18. The Balaban J connectivity index is 2.27. The van der Waals surface area contributed by atoms with Crippen LogP contribution in [0, 0.1) is 0 Å². The Labute approximate surface area is 119 Å². The zero-order valence-electron chi connectivity index (χ0n) is 12.0. The monoisotopic (exact) mass is 296 g/mol. The Morgan fingerprint density at radius 1 is 1.30 bits per heavy atom. The highest BCUT2D eigenvalue weighted by atomic mass is 32.2. The van der Waals surface area contributed by atoms with Crippen LogP contribution in [0.5, 0.6) is 0 Å². The number of amides is 1. The van der Waals surface area contributed by atoms with E-state index in [1.807, 2.05) is 30.3 Å². The number of hydrogen-bond donors (Lipinski definition) is 1. The fourth-order valence-corrected chi connectivity index (χ4v) is 2.55. The summed E-state index contributed by atoms with van der Waals surface area (Å²) in [6.45, 7) is 3.71.